The van der Waals surface area contributed by atoms with Crippen LogP contribution in [0.1, 0.15) is 36.0 Å². The van der Waals surface area contributed by atoms with Crippen molar-refractivity contribution in [3.8, 4) is 6.07 Å². The molecule has 0 unspecified atom stereocenters. The molecule has 154 valence electrons. The SMILES string of the molecule is Cc1cccc(NC(=O)/C(C#N)=C/c2cc([N+](=O)[O-])ccc2N2CCCCC2)c1C. The van der Waals surface area contributed by atoms with Crippen LogP contribution in [0.15, 0.2) is 42.0 Å². The summed E-state index contributed by atoms with van der Waals surface area (Å²) in [5.41, 5.74) is 3.71. The zero-order chi connectivity index (χ0) is 21.7. The molecule has 1 saturated heterocycles. The number of nitro groups is 1. The number of hydrogen-bond donors (Lipinski definition) is 1. The Labute approximate surface area is 175 Å². The highest BCUT2D eigenvalue weighted by atomic mass is 16.6. The molecule has 7 nitrogen and oxygen atoms in total. The van der Waals surface area contributed by atoms with E-state index >= 15 is 0 Å². The molecule has 0 saturated carbocycles. The van der Waals surface area contributed by atoms with E-state index in [1.54, 1.807) is 12.1 Å². The van der Waals surface area contributed by atoms with Crippen LogP contribution >= 0.6 is 0 Å². The Morgan fingerprint density at radius 3 is 2.60 bits per heavy atom. The van der Waals surface area contributed by atoms with Gasteiger partial charge in [0.2, 0.25) is 0 Å². The lowest BCUT2D eigenvalue weighted by Gasteiger charge is -2.30. The van der Waals surface area contributed by atoms with Crippen LogP contribution < -0.4 is 10.2 Å². The van der Waals surface area contributed by atoms with Gasteiger partial charge in [-0.05, 0) is 62.4 Å². The average molecular weight is 404 g/mol. The number of carbonyl (C=O) groups excluding carboxylic acids is 1. The van der Waals surface area contributed by atoms with E-state index < -0.39 is 10.8 Å². The zero-order valence-corrected chi connectivity index (χ0v) is 17.1. The van der Waals surface area contributed by atoms with Gasteiger partial charge in [-0.2, -0.15) is 5.26 Å². The third-order valence-corrected chi connectivity index (χ3v) is 5.44. The van der Waals surface area contributed by atoms with Crippen molar-refractivity contribution in [1.29, 1.82) is 5.26 Å². The number of aryl methyl sites for hydroxylation is 1. The first kappa shape index (κ1) is 21.1. The minimum atomic E-state index is -0.540. The minimum Gasteiger partial charge on any atom is -0.371 e. The molecule has 30 heavy (non-hydrogen) atoms. The highest BCUT2D eigenvalue weighted by Crippen LogP contribution is 2.30. The van der Waals surface area contributed by atoms with Gasteiger partial charge in [0.15, 0.2) is 0 Å². The van der Waals surface area contributed by atoms with Crippen LogP contribution in [0.2, 0.25) is 0 Å². The predicted molar refractivity (Wildman–Crippen MR) is 117 cm³/mol. The molecule has 2 aromatic rings. The van der Waals surface area contributed by atoms with Crippen molar-refractivity contribution in [2.45, 2.75) is 33.1 Å². The molecule has 0 atom stereocenters. The first-order valence-electron chi connectivity index (χ1n) is 9.93. The molecule has 0 bridgehead atoms. The molecule has 1 fully saturated rings. The van der Waals surface area contributed by atoms with Gasteiger partial charge in [-0.15, -0.1) is 0 Å². The molecule has 2 aromatic carbocycles. The van der Waals surface area contributed by atoms with Crippen LogP contribution in [0.25, 0.3) is 6.08 Å². The Balaban J connectivity index is 1.97. The van der Waals surface area contributed by atoms with Gasteiger partial charge in [-0.3, -0.25) is 14.9 Å². The molecule has 1 N–H and O–H groups in total. The molecule has 1 amide bonds. The highest BCUT2D eigenvalue weighted by Gasteiger charge is 2.19. The molecule has 7 heteroatoms. The molecular weight excluding hydrogens is 380 g/mol. The van der Waals surface area contributed by atoms with Gasteiger partial charge in [0, 0.05) is 42.2 Å². The summed E-state index contributed by atoms with van der Waals surface area (Å²) in [6, 6.07) is 12.1. The number of benzene rings is 2. The molecule has 0 spiro atoms. The highest BCUT2D eigenvalue weighted by molar-refractivity contribution is 6.10. The molecule has 0 aliphatic carbocycles. The maximum atomic E-state index is 12.8. The number of nitro benzene ring substituents is 1. The maximum absolute atomic E-state index is 12.8. The van der Waals surface area contributed by atoms with Crippen molar-refractivity contribution < 1.29 is 9.72 Å². The monoisotopic (exact) mass is 404 g/mol. The smallest absolute Gasteiger partial charge is 0.270 e. The Kier molecular flexibility index (Phi) is 6.48. The molecule has 0 aromatic heterocycles. The number of nitriles is 1. The molecule has 1 aliphatic heterocycles. The largest absolute Gasteiger partial charge is 0.371 e. The quantitative estimate of drug-likeness (QED) is 0.336. The number of nitrogens with one attached hydrogen (secondary N) is 1. The van der Waals surface area contributed by atoms with Crippen LogP contribution in [0.4, 0.5) is 17.1 Å². The lowest BCUT2D eigenvalue weighted by Crippen LogP contribution is -2.30. The van der Waals surface area contributed by atoms with Crippen LogP contribution in [0, 0.1) is 35.3 Å². The van der Waals surface area contributed by atoms with E-state index in [0.29, 0.717) is 11.3 Å². The fourth-order valence-electron chi connectivity index (χ4n) is 3.57. The fraction of sp³-hybridized carbons (Fsp3) is 0.304. The van der Waals surface area contributed by atoms with Gasteiger partial charge in [-0.25, -0.2) is 0 Å². The first-order chi connectivity index (χ1) is 14.4. The van der Waals surface area contributed by atoms with Gasteiger partial charge in [0.25, 0.3) is 11.6 Å². The van der Waals surface area contributed by atoms with Crippen molar-refractivity contribution in [2.24, 2.45) is 0 Å². The number of nitrogens with zero attached hydrogens (tertiary/aromatic N) is 3. The number of piperidine rings is 1. The summed E-state index contributed by atoms with van der Waals surface area (Å²) in [5.74, 6) is -0.540. The fourth-order valence-corrected chi connectivity index (χ4v) is 3.57. The lowest BCUT2D eigenvalue weighted by molar-refractivity contribution is -0.384. The second kappa shape index (κ2) is 9.23. The molecular formula is C23H24N4O3. The number of rotatable bonds is 5. The Morgan fingerprint density at radius 2 is 1.93 bits per heavy atom. The molecule has 3 rings (SSSR count). The molecule has 0 radical (unpaired) electrons. The summed E-state index contributed by atoms with van der Waals surface area (Å²) < 4.78 is 0. The van der Waals surface area contributed by atoms with Gasteiger partial charge in [-0.1, -0.05) is 12.1 Å². The summed E-state index contributed by atoms with van der Waals surface area (Å²) in [6.07, 6.45) is 4.67. The number of carbonyl (C=O) groups is 1. The van der Waals surface area contributed by atoms with Crippen molar-refractivity contribution in [2.75, 3.05) is 23.3 Å². The summed E-state index contributed by atoms with van der Waals surface area (Å²) in [5, 5.41) is 23.7. The van der Waals surface area contributed by atoms with Crippen molar-refractivity contribution in [1.82, 2.24) is 0 Å². The molecule has 1 heterocycles. The standard InChI is InChI=1S/C23H24N4O3/c1-16-7-6-8-21(17(16)2)25-23(28)19(15-24)13-18-14-20(27(29)30)9-10-22(18)26-11-4-3-5-12-26/h6-10,13-14H,3-5,11-12H2,1-2H3,(H,25,28)/b19-13+. The Morgan fingerprint density at radius 1 is 1.20 bits per heavy atom. The summed E-state index contributed by atoms with van der Waals surface area (Å²) in [7, 11) is 0. The Hall–Kier alpha value is -3.66. The van der Waals surface area contributed by atoms with E-state index in [9.17, 15) is 20.2 Å². The second-order valence-electron chi connectivity index (χ2n) is 7.42. The van der Waals surface area contributed by atoms with E-state index in [1.807, 2.05) is 32.0 Å². The number of amides is 1. The average Bonchev–Trinajstić information content (AvgIpc) is 2.75. The van der Waals surface area contributed by atoms with Gasteiger partial charge in [0.1, 0.15) is 11.6 Å². The van der Waals surface area contributed by atoms with Crippen molar-refractivity contribution >= 4 is 29.0 Å². The number of anilines is 2. The van der Waals surface area contributed by atoms with Crippen molar-refractivity contribution in [3.63, 3.8) is 0 Å². The summed E-state index contributed by atoms with van der Waals surface area (Å²) in [4.78, 5) is 25.7. The minimum absolute atomic E-state index is 0.0748. The predicted octanol–water partition coefficient (Wildman–Crippen LogP) is 4.75. The van der Waals surface area contributed by atoms with E-state index in [1.165, 1.54) is 18.2 Å². The van der Waals surface area contributed by atoms with Crippen LogP contribution in [0.3, 0.4) is 0 Å². The van der Waals surface area contributed by atoms with Gasteiger partial charge >= 0.3 is 0 Å². The van der Waals surface area contributed by atoms with Gasteiger partial charge in [0.05, 0.1) is 4.92 Å². The number of non-ortho nitro benzene ring substituents is 1. The lowest BCUT2D eigenvalue weighted by atomic mass is 10.0. The topological polar surface area (TPSA) is 99.3 Å². The van der Waals surface area contributed by atoms with Crippen LogP contribution in [-0.2, 0) is 4.79 Å². The summed E-state index contributed by atoms with van der Waals surface area (Å²) >= 11 is 0. The second-order valence-corrected chi connectivity index (χ2v) is 7.42. The van der Waals surface area contributed by atoms with Crippen LogP contribution in [-0.4, -0.2) is 23.9 Å². The van der Waals surface area contributed by atoms with Gasteiger partial charge < -0.3 is 10.2 Å². The third kappa shape index (κ3) is 4.66. The normalized spacial score (nSPS) is 14.2. The van der Waals surface area contributed by atoms with Crippen molar-refractivity contribution in [3.05, 3.63) is 68.8 Å². The van der Waals surface area contributed by atoms with Crippen LogP contribution in [0.5, 0.6) is 0 Å². The first-order valence-corrected chi connectivity index (χ1v) is 9.93. The van der Waals surface area contributed by atoms with E-state index in [4.69, 9.17) is 0 Å². The molecule has 1 aliphatic rings. The third-order valence-electron chi connectivity index (χ3n) is 5.44. The number of hydrogen-bond acceptors (Lipinski definition) is 5. The van der Waals surface area contributed by atoms with E-state index in [2.05, 4.69) is 10.2 Å². The van der Waals surface area contributed by atoms with E-state index in [0.717, 1.165) is 49.2 Å². The maximum Gasteiger partial charge on any atom is 0.270 e. The van der Waals surface area contributed by atoms with E-state index in [-0.39, 0.29) is 11.3 Å². The summed E-state index contributed by atoms with van der Waals surface area (Å²) in [6.45, 7) is 5.53. The Bertz CT molecular complexity index is 1050. The zero-order valence-electron chi connectivity index (χ0n) is 17.1.